The number of hydrogen-bond donors (Lipinski definition) is 4. The van der Waals surface area contributed by atoms with Crippen molar-refractivity contribution < 1.29 is 41.7 Å². The van der Waals surface area contributed by atoms with Gasteiger partial charge in [-0.2, -0.15) is 8.42 Å². The number of aryl methyl sites for hydroxylation is 1. The normalized spacial score (nSPS) is 18.3. The molecule has 2 fully saturated rings. The van der Waals surface area contributed by atoms with Crippen molar-refractivity contribution in [2.75, 3.05) is 26.7 Å². The van der Waals surface area contributed by atoms with E-state index in [-0.39, 0.29) is 13.0 Å². The van der Waals surface area contributed by atoms with E-state index in [4.69, 9.17) is 4.18 Å². The summed E-state index contributed by atoms with van der Waals surface area (Å²) in [7, 11) is -2.73. The van der Waals surface area contributed by atoms with Gasteiger partial charge in [-0.05, 0) is 75.0 Å². The summed E-state index contributed by atoms with van der Waals surface area (Å²) in [6.07, 6.45) is 6.86. The molecular formula is C33H48N6O9S. The van der Waals surface area contributed by atoms with Crippen LogP contribution in [0.1, 0.15) is 81.4 Å². The zero-order valence-electron chi connectivity index (χ0n) is 28.2. The number of carbonyl (C=O) groups excluding carboxylic acids is 4. The molecule has 16 heteroatoms. The molecule has 2 aliphatic heterocycles. The summed E-state index contributed by atoms with van der Waals surface area (Å²) in [6.45, 7) is 6.53. The van der Waals surface area contributed by atoms with E-state index in [1.54, 1.807) is 14.0 Å². The van der Waals surface area contributed by atoms with Crippen molar-refractivity contribution in [2.24, 2.45) is 0 Å². The molecule has 0 spiro atoms. The van der Waals surface area contributed by atoms with Gasteiger partial charge >= 0.3 is 22.4 Å². The highest BCUT2D eigenvalue weighted by Gasteiger charge is 2.44. The van der Waals surface area contributed by atoms with Gasteiger partial charge in [0.15, 0.2) is 0 Å². The molecule has 2 heterocycles. The summed E-state index contributed by atoms with van der Waals surface area (Å²) >= 11 is 0. The molecule has 1 saturated carbocycles. The summed E-state index contributed by atoms with van der Waals surface area (Å²) in [5.74, 6) is -2.03. The Morgan fingerprint density at radius 1 is 1.14 bits per heavy atom. The van der Waals surface area contributed by atoms with Crippen LogP contribution in [0.5, 0.6) is 0 Å². The van der Waals surface area contributed by atoms with E-state index in [0.717, 1.165) is 43.2 Å². The molecule has 1 aromatic carbocycles. The summed E-state index contributed by atoms with van der Waals surface area (Å²) < 4.78 is 31.4. The van der Waals surface area contributed by atoms with Gasteiger partial charge in [0.05, 0.1) is 12.1 Å². The first-order valence-corrected chi connectivity index (χ1v) is 18.2. The monoisotopic (exact) mass is 704 g/mol. The van der Waals surface area contributed by atoms with Crippen LogP contribution >= 0.6 is 0 Å². The van der Waals surface area contributed by atoms with Crippen LogP contribution in [-0.2, 0) is 48.4 Å². The average Bonchev–Trinajstić information content (AvgIpc) is 3.41. The Morgan fingerprint density at radius 2 is 1.88 bits per heavy atom. The molecule has 1 aromatic rings. The lowest BCUT2D eigenvalue weighted by Crippen LogP contribution is -2.55. The number of benzene rings is 1. The van der Waals surface area contributed by atoms with E-state index in [2.05, 4.69) is 23.3 Å². The predicted molar refractivity (Wildman–Crippen MR) is 179 cm³/mol. The van der Waals surface area contributed by atoms with Gasteiger partial charge < -0.3 is 25.5 Å². The van der Waals surface area contributed by atoms with E-state index < -0.39 is 57.8 Å². The van der Waals surface area contributed by atoms with Crippen LogP contribution in [0.2, 0.25) is 0 Å². The van der Waals surface area contributed by atoms with Gasteiger partial charge in [0.2, 0.25) is 11.8 Å². The molecule has 1 aliphatic carbocycles. The van der Waals surface area contributed by atoms with Crippen molar-refractivity contribution in [3.8, 4) is 0 Å². The Kier molecular flexibility index (Phi) is 12.7. The number of rotatable bonds is 17. The van der Waals surface area contributed by atoms with Gasteiger partial charge in [0.25, 0.3) is 5.91 Å². The second-order valence-corrected chi connectivity index (χ2v) is 14.5. The lowest BCUT2D eigenvalue weighted by molar-refractivity contribution is -0.138. The van der Waals surface area contributed by atoms with Gasteiger partial charge in [-0.15, -0.1) is 6.58 Å². The number of likely N-dealkylation sites (tertiary alicyclic amines) is 1. The number of amides is 6. The molecule has 49 heavy (non-hydrogen) atoms. The van der Waals surface area contributed by atoms with Crippen LogP contribution in [0.15, 0.2) is 30.9 Å². The first-order chi connectivity index (χ1) is 23.2. The van der Waals surface area contributed by atoms with Crippen molar-refractivity contribution in [2.45, 2.75) is 102 Å². The third kappa shape index (κ3) is 10.7. The second-order valence-electron chi connectivity index (χ2n) is 13.2. The minimum absolute atomic E-state index is 0.0460. The van der Waals surface area contributed by atoms with E-state index in [1.165, 1.54) is 26.3 Å². The number of unbranched alkanes of at least 4 members (excludes halogenated alkanes) is 3. The third-order valence-electron chi connectivity index (χ3n) is 9.18. The number of carboxylic acid groups (broad SMARTS) is 1. The molecular weight excluding hydrogens is 656 g/mol. The molecule has 15 nitrogen and oxygen atoms in total. The lowest BCUT2D eigenvalue weighted by atomic mass is 9.98. The first kappa shape index (κ1) is 37.6. The summed E-state index contributed by atoms with van der Waals surface area (Å²) in [5, 5.41) is 14.5. The molecule has 2 atom stereocenters. The highest BCUT2D eigenvalue weighted by molar-refractivity contribution is 7.85. The maximum Gasteiger partial charge on any atom is 0.407 e. The van der Waals surface area contributed by atoms with Crippen molar-refractivity contribution >= 4 is 40.2 Å². The van der Waals surface area contributed by atoms with E-state index in [9.17, 15) is 37.5 Å². The smallest absolute Gasteiger partial charge is 0.407 e. The van der Waals surface area contributed by atoms with E-state index >= 15 is 0 Å². The minimum atomic E-state index is -4.38. The van der Waals surface area contributed by atoms with Crippen LogP contribution in [0.25, 0.3) is 0 Å². The first-order valence-electron chi connectivity index (χ1n) is 16.8. The lowest BCUT2D eigenvalue weighted by Gasteiger charge is -2.26. The highest BCUT2D eigenvalue weighted by Crippen LogP contribution is 2.39. The molecule has 270 valence electrons. The molecule has 6 amide bonds. The number of fused-ring (bicyclic) bond motifs is 1. The van der Waals surface area contributed by atoms with Gasteiger partial charge in [0.1, 0.15) is 12.1 Å². The van der Waals surface area contributed by atoms with Crippen molar-refractivity contribution in [1.82, 2.24) is 30.1 Å². The second kappa shape index (κ2) is 16.5. The van der Waals surface area contributed by atoms with Crippen LogP contribution in [0, 0.1) is 0 Å². The van der Waals surface area contributed by atoms with E-state index in [1.807, 2.05) is 16.9 Å². The molecule has 0 aromatic heterocycles. The number of urea groups is 1. The summed E-state index contributed by atoms with van der Waals surface area (Å²) in [4.78, 5) is 67.2. The molecule has 1 saturated heterocycles. The quantitative estimate of drug-likeness (QED) is 0.139. The van der Waals surface area contributed by atoms with Gasteiger partial charge in [-0.25, -0.2) is 18.5 Å². The molecule has 4 N–H and O–H groups in total. The van der Waals surface area contributed by atoms with Crippen molar-refractivity contribution in [3.63, 3.8) is 0 Å². The molecule has 3 aliphatic rings. The SMILES string of the molecule is C=CCC(NC(=O)C1CCCN1C(=O)CNC(=O)N(C)CCCCCCc1cccc2c1CN(C(=O)O)C2)C(=O)NS(=O)(=O)OC1(C)CC1. The Hall–Kier alpha value is -4.18. The highest BCUT2D eigenvalue weighted by atomic mass is 32.2. The number of hydrogen-bond acceptors (Lipinski definition) is 8. The van der Waals surface area contributed by atoms with Gasteiger partial charge in [0, 0.05) is 33.2 Å². The fourth-order valence-electron chi connectivity index (χ4n) is 6.11. The van der Waals surface area contributed by atoms with Crippen LogP contribution < -0.4 is 15.4 Å². The third-order valence-corrected chi connectivity index (χ3v) is 10.3. The minimum Gasteiger partial charge on any atom is -0.465 e. The van der Waals surface area contributed by atoms with Crippen molar-refractivity contribution in [1.29, 1.82) is 0 Å². The number of nitrogens with zero attached hydrogens (tertiary/aromatic N) is 3. The fourth-order valence-corrected chi connectivity index (χ4v) is 7.24. The molecule has 2 unspecified atom stereocenters. The van der Waals surface area contributed by atoms with Crippen molar-refractivity contribution in [3.05, 3.63) is 47.5 Å². The largest absolute Gasteiger partial charge is 0.465 e. The Bertz CT molecular complexity index is 1530. The van der Waals surface area contributed by atoms with E-state index in [0.29, 0.717) is 51.9 Å². The average molecular weight is 705 g/mol. The predicted octanol–water partition coefficient (Wildman–Crippen LogP) is 2.41. The number of carbonyl (C=O) groups is 5. The Morgan fingerprint density at radius 3 is 2.57 bits per heavy atom. The van der Waals surface area contributed by atoms with Crippen LogP contribution in [0.4, 0.5) is 9.59 Å². The zero-order chi connectivity index (χ0) is 35.8. The fraction of sp³-hybridized carbons (Fsp3) is 0.606. The maximum atomic E-state index is 13.1. The summed E-state index contributed by atoms with van der Waals surface area (Å²) in [5.41, 5.74) is 2.52. The molecule has 0 bridgehead atoms. The van der Waals surface area contributed by atoms with Gasteiger partial charge in [-0.3, -0.25) is 19.3 Å². The standard InChI is InChI=1S/C33H48N6O9S/c1-4-11-26(29(41)36-49(46,47)48-33(2)16-17-33)35-30(42)27-15-10-19-39(27)28(40)20-34-31(43)37(3)18-8-6-5-7-12-23-13-9-14-24-21-38(32(44)45)22-25(23)24/h4,9,13-14,26-27H,1,5-8,10-12,15-22H2,2-3H3,(H,34,43)(H,35,42)(H,36,41)(H,44,45). The van der Waals surface area contributed by atoms with Crippen LogP contribution in [-0.4, -0.2) is 102 Å². The Balaban J connectivity index is 1.15. The number of nitrogens with one attached hydrogen (secondary N) is 3. The topological polar surface area (TPSA) is 195 Å². The van der Waals surface area contributed by atoms with Gasteiger partial charge in [-0.1, -0.05) is 37.1 Å². The maximum absolute atomic E-state index is 13.1. The zero-order valence-corrected chi connectivity index (χ0v) is 29.1. The molecule has 0 radical (unpaired) electrons. The summed E-state index contributed by atoms with van der Waals surface area (Å²) in [6, 6.07) is 3.47. The Labute approximate surface area is 287 Å². The molecule has 4 rings (SSSR count). The van der Waals surface area contributed by atoms with Crippen LogP contribution in [0.3, 0.4) is 0 Å².